The van der Waals surface area contributed by atoms with Crippen molar-refractivity contribution in [2.24, 2.45) is 11.1 Å². The number of hydrogen-bond acceptors (Lipinski definition) is 3. The molecule has 1 heterocycles. The second kappa shape index (κ2) is 7.25. The molecule has 0 unspecified atom stereocenters. The van der Waals surface area contributed by atoms with Crippen molar-refractivity contribution in [3.63, 3.8) is 0 Å². The van der Waals surface area contributed by atoms with Crippen molar-refractivity contribution in [1.82, 2.24) is 4.90 Å². The molecule has 1 aliphatic rings. The van der Waals surface area contributed by atoms with Gasteiger partial charge in [0.1, 0.15) is 0 Å². The Morgan fingerprint density at radius 2 is 2.23 bits per heavy atom. The second-order valence-corrected chi connectivity index (χ2v) is 5.97. The summed E-state index contributed by atoms with van der Waals surface area (Å²) in [7, 11) is 0. The van der Waals surface area contributed by atoms with Gasteiger partial charge in [-0.3, -0.25) is 4.79 Å². The van der Waals surface area contributed by atoms with Crippen LogP contribution < -0.4 is 0 Å². The molecule has 1 atom stereocenters. The van der Waals surface area contributed by atoms with Crippen molar-refractivity contribution < 1.29 is 9.63 Å². The predicted molar refractivity (Wildman–Crippen MR) is 88.8 cm³/mol. The summed E-state index contributed by atoms with van der Waals surface area (Å²) in [6.45, 7) is 10.7. The van der Waals surface area contributed by atoms with Gasteiger partial charge in [-0.15, -0.1) is 6.58 Å². The summed E-state index contributed by atoms with van der Waals surface area (Å²) < 4.78 is 0. The maximum atomic E-state index is 12.2. The van der Waals surface area contributed by atoms with E-state index in [1.807, 2.05) is 26.0 Å². The molecule has 118 valence electrons. The fraction of sp³-hybridized carbons (Fsp3) is 0.444. The molecule has 0 N–H and O–H groups in total. The molecule has 2 rings (SSSR count). The molecule has 4 heteroatoms. The van der Waals surface area contributed by atoms with Crippen molar-refractivity contribution in [3.8, 4) is 0 Å². The van der Waals surface area contributed by atoms with Gasteiger partial charge in [-0.05, 0) is 12.5 Å². The number of oxime groups is 1. The van der Waals surface area contributed by atoms with E-state index in [1.165, 1.54) is 5.56 Å². The molecular weight excluding hydrogens is 276 g/mol. The molecule has 22 heavy (non-hydrogen) atoms. The van der Waals surface area contributed by atoms with Crippen LogP contribution >= 0.6 is 0 Å². The average Bonchev–Trinajstić information content (AvgIpc) is 2.94. The van der Waals surface area contributed by atoms with Gasteiger partial charge >= 0.3 is 0 Å². The predicted octanol–water partition coefficient (Wildman–Crippen LogP) is 3.16. The second-order valence-electron chi connectivity index (χ2n) is 5.97. The third kappa shape index (κ3) is 3.75. The number of carbonyl (C=O) groups is 1. The lowest BCUT2D eigenvalue weighted by Gasteiger charge is -2.25. The van der Waals surface area contributed by atoms with E-state index < -0.39 is 0 Å². The smallest absolute Gasteiger partial charge is 0.225 e. The number of benzene rings is 1. The number of amides is 1. The monoisotopic (exact) mass is 300 g/mol. The van der Waals surface area contributed by atoms with Crippen molar-refractivity contribution >= 4 is 11.6 Å². The van der Waals surface area contributed by atoms with E-state index in [1.54, 1.807) is 11.0 Å². The minimum atomic E-state index is -0.0859. The topological polar surface area (TPSA) is 41.9 Å². The normalized spacial score (nSPS) is 17.1. The van der Waals surface area contributed by atoms with Crippen molar-refractivity contribution in [2.45, 2.75) is 33.3 Å². The van der Waals surface area contributed by atoms with Crippen molar-refractivity contribution in [2.75, 3.05) is 13.1 Å². The van der Waals surface area contributed by atoms with Gasteiger partial charge in [0.2, 0.25) is 5.91 Å². The summed E-state index contributed by atoms with van der Waals surface area (Å²) in [4.78, 5) is 19.5. The lowest BCUT2D eigenvalue weighted by molar-refractivity contribution is -0.135. The van der Waals surface area contributed by atoms with Crippen molar-refractivity contribution in [1.29, 1.82) is 0 Å². The lowest BCUT2D eigenvalue weighted by Crippen LogP contribution is -2.40. The molecule has 1 aromatic rings. The van der Waals surface area contributed by atoms with Crippen LogP contribution in [-0.4, -0.2) is 35.7 Å². The zero-order chi connectivity index (χ0) is 16.1. The van der Waals surface area contributed by atoms with Gasteiger partial charge in [-0.25, -0.2) is 0 Å². The number of rotatable bonds is 6. The first-order valence-corrected chi connectivity index (χ1v) is 7.71. The highest BCUT2D eigenvalue weighted by molar-refractivity contribution is 6.02. The summed E-state index contributed by atoms with van der Waals surface area (Å²) in [5, 5.41) is 4.22. The van der Waals surface area contributed by atoms with E-state index in [-0.39, 0.29) is 17.9 Å². The zero-order valence-electron chi connectivity index (χ0n) is 13.6. The third-order valence-electron chi connectivity index (χ3n) is 3.77. The molecule has 0 spiro atoms. The van der Waals surface area contributed by atoms with Crippen LogP contribution in [0.25, 0.3) is 0 Å². The summed E-state index contributed by atoms with van der Waals surface area (Å²) in [6.07, 6.45) is 2.39. The van der Waals surface area contributed by atoms with Gasteiger partial charge in [0, 0.05) is 24.4 Å². The molecule has 1 aliphatic heterocycles. The largest absolute Gasteiger partial charge is 0.390 e. The van der Waals surface area contributed by atoms with E-state index in [2.05, 4.69) is 30.8 Å². The SMILES string of the molecule is C=CCN(C[C@@H]1CC(c2ccccc2C)=NO1)C(=O)C(C)C. The Bertz CT molecular complexity index is 578. The fourth-order valence-corrected chi connectivity index (χ4v) is 2.60. The molecule has 0 saturated heterocycles. The first-order chi connectivity index (χ1) is 10.5. The highest BCUT2D eigenvalue weighted by Crippen LogP contribution is 2.20. The Kier molecular flexibility index (Phi) is 5.36. The summed E-state index contributed by atoms with van der Waals surface area (Å²) in [5.41, 5.74) is 3.26. The van der Waals surface area contributed by atoms with Crippen LogP contribution in [0.1, 0.15) is 31.4 Å². The van der Waals surface area contributed by atoms with E-state index in [0.29, 0.717) is 13.1 Å². The van der Waals surface area contributed by atoms with Gasteiger partial charge < -0.3 is 9.74 Å². The first-order valence-electron chi connectivity index (χ1n) is 7.71. The van der Waals surface area contributed by atoms with Gasteiger partial charge in [0.25, 0.3) is 0 Å². The average molecular weight is 300 g/mol. The number of carbonyl (C=O) groups excluding carboxylic acids is 1. The molecule has 0 aliphatic carbocycles. The van der Waals surface area contributed by atoms with Crippen LogP contribution in [0.3, 0.4) is 0 Å². The molecule has 0 bridgehead atoms. The highest BCUT2D eigenvalue weighted by Gasteiger charge is 2.27. The van der Waals surface area contributed by atoms with Crippen LogP contribution in [0.2, 0.25) is 0 Å². The third-order valence-corrected chi connectivity index (χ3v) is 3.77. The molecule has 0 fully saturated rings. The number of nitrogens with zero attached hydrogens (tertiary/aromatic N) is 2. The van der Waals surface area contributed by atoms with Gasteiger partial charge in [0.15, 0.2) is 6.10 Å². The van der Waals surface area contributed by atoms with Crippen molar-refractivity contribution in [3.05, 3.63) is 48.0 Å². The standard InChI is InChI=1S/C18H24N2O2/c1-5-10-20(18(21)13(2)3)12-15-11-17(19-22-15)16-9-7-6-8-14(16)4/h5-9,13,15H,1,10-12H2,2-4H3/t15-/m0/s1. The molecule has 0 radical (unpaired) electrons. The quantitative estimate of drug-likeness (QED) is 0.757. The molecule has 0 aromatic heterocycles. The first kappa shape index (κ1) is 16.3. The maximum Gasteiger partial charge on any atom is 0.225 e. The highest BCUT2D eigenvalue weighted by atomic mass is 16.6. The molecule has 1 amide bonds. The Morgan fingerprint density at radius 3 is 2.86 bits per heavy atom. The Labute approximate surface area is 132 Å². The van der Waals surface area contributed by atoms with E-state index in [0.717, 1.165) is 17.7 Å². The van der Waals surface area contributed by atoms with Crippen LogP contribution in [0.4, 0.5) is 0 Å². The number of aryl methyl sites for hydroxylation is 1. The van der Waals surface area contributed by atoms with E-state index in [9.17, 15) is 4.79 Å². The Hall–Kier alpha value is -2.10. The summed E-state index contributed by atoms with van der Waals surface area (Å²) in [6, 6.07) is 8.14. The molecular formula is C18H24N2O2. The van der Waals surface area contributed by atoms with Crippen LogP contribution in [0, 0.1) is 12.8 Å². The molecule has 1 aromatic carbocycles. The summed E-state index contributed by atoms with van der Waals surface area (Å²) in [5.74, 6) is 0.0888. The maximum absolute atomic E-state index is 12.2. The van der Waals surface area contributed by atoms with Gasteiger partial charge in [0.05, 0.1) is 12.3 Å². The van der Waals surface area contributed by atoms with Crippen LogP contribution in [0.15, 0.2) is 42.1 Å². The molecule has 4 nitrogen and oxygen atoms in total. The van der Waals surface area contributed by atoms with Crippen LogP contribution in [0.5, 0.6) is 0 Å². The minimum Gasteiger partial charge on any atom is -0.390 e. The van der Waals surface area contributed by atoms with E-state index >= 15 is 0 Å². The van der Waals surface area contributed by atoms with Crippen LogP contribution in [-0.2, 0) is 9.63 Å². The van der Waals surface area contributed by atoms with Gasteiger partial charge in [-0.2, -0.15) is 0 Å². The zero-order valence-corrected chi connectivity index (χ0v) is 13.6. The van der Waals surface area contributed by atoms with Gasteiger partial charge in [-0.1, -0.05) is 49.3 Å². The minimum absolute atomic E-state index is 0.0295. The lowest BCUT2D eigenvalue weighted by atomic mass is 10.00. The Balaban J connectivity index is 2.01. The number of hydrogen-bond donors (Lipinski definition) is 0. The van der Waals surface area contributed by atoms with E-state index in [4.69, 9.17) is 4.84 Å². The Morgan fingerprint density at radius 1 is 1.50 bits per heavy atom. The summed E-state index contributed by atoms with van der Waals surface area (Å²) >= 11 is 0. The fourth-order valence-electron chi connectivity index (χ4n) is 2.60. The molecule has 0 saturated carbocycles.